The molecular formula is C18H21N3O5S. The van der Waals surface area contributed by atoms with Gasteiger partial charge in [-0.25, -0.2) is 9.78 Å². The molecule has 0 spiro atoms. The van der Waals surface area contributed by atoms with Crippen molar-refractivity contribution in [2.75, 3.05) is 26.3 Å². The molecule has 0 bridgehead atoms. The van der Waals surface area contributed by atoms with E-state index in [-0.39, 0.29) is 37.6 Å². The SMILES string of the molecule is NC(=O)C1CCN(C(=O)COC(=O)COCc2nc3ccccc3s2)CC1. The third kappa shape index (κ3) is 5.24. The van der Waals surface area contributed by atoms with Crippen LogP contribution in [0.3, 0.4) is 0 Å². The number of rotatable bonds is 7. The largest absolute Gasteiger partial charge is 0.454 e. The lowest BCUT2D eigenvalue weighted by atomic mass is 9.96. The zero-order valence-corrected chi connectivity index (χ0v) is 15.6. The van der Waals surface area contributed by atoms with Crippen molar-refractivity contribution < 1.29 is 23.9 Å². The number of benzene rings is 1. The molecule has 9 heteroatoms. The number of hydrogen-bond acceptors (Lipinski definition) is 7. The predicted molar refractivity (Wildman–Crippen MR) is 98.7 cm³/mol. The average molecular weight is 391 g/mol. The maximum Gasteiger partial charge on any atom is 0.332 e. The van der Waals surface area contributed by atoms with E-state index in [1.54, 1.807) is 4.90 Å². The number of fused-ring (bicyclic) bond motifs is 1. The van der Waals surface area contributed by atoms with Gasteiger partial charge in [0.25, 0.3) is 5.91 Å². The molecule has 1 aliphatic heterocycles. The van der Waals surface area contributed by atoms with Crippen LogP contribution in [0.4, 0.5) is 0 Å². The first-order chi connectivity index (χ1) is 13.0. The van der Waals surface area contributed by atoms with Crippen molar-refractivity contribution in [2.24, 2.45) is 11.7 Å². The van der Waals surface area contributed by atoms with Crippen LogP contribution in [0.15, 0.2) is 24.3 Å². The van der Waals surface area contributed by atoms with Crippen LogP contribution in [0.1, 0.15) is 17.8 Å². The van der Waals surface area contributed by atoms with Crippen LogP contribution in [0.25, 0.3) is 10.2 Å². The highest BCUT2D eigenvalue weighted by Crippen LogP contribution is 2.22. The van der Waals surface area contributed by atoms with Crippen LogP contribution in [0.2, 0.25) is 0 Å². The smallest absolute Gasteiger partial charge is 0.332 e. The Morgan fingerprint density at radius 3 is 2.63 bits per heavy atom. The number of para-hydroxylation sites is 1. The third-order valence-electron chi connectivity index (χ3n) is 4.39. The minimum Gasteiger partial charge on any atom is -0.454 e. The van der Waals surface area contributed by atoms with Crippen molar-refractivity contribution in [3.63, 3.8) is 0 Å². The molecule has 2 heterocycles. The lowest BCUT2D eigenvalue weighted by Crippen LogP contribution is -2.43. The monoisotopic (exact) mass is 391 g/mol. The van der Waals surface area contributed by atoms with Gasteiger partial charge in [0.15, 0.2) is 6.61 Å². The molecule has 0 atom stereocenters. The van der Waals surface area contributed by atoms with Crippen molar-refractivity contribution in [1.82, 2.24) is 9.88 Å². The van der Waals surface area contributed by atoms with Crippen molar-refractivity contribution in [2.45, 2.75) is 19.4 Å². The highest BCUT2D eigenvalue weighted by molar-refractivity contribution is 7.18. The van der Waals surface area contributed by atoms with E-state index in [0.29, 0.717) is 25.9 Å². The van der Waals surface area contributed by atoms with Crippen molar-refractivity contribution in [1.29, 1.82) is 0 Å². The van der Waals surface area contributed by atoms with E-state index < -0.39 is 5.97 Å². The molecule has 8 nitrogen and oxygen atoms in total. The minimum absolute atomic E-state index is 0.187. The highest BCUT2D eigenvalue weighted by Gasteiger charge is 2.26. The number of amides is 2. The fourth-order valence-corrected chi connectivity index (χ4v) is 3.80. The summed E-state index contributed by atoms with van der Waals surface area (Å²) in [5.74, 6) is -1.40. The van der Waals surface area contributed by atoms with E-state index >= 15 is 0 Å². The topological polar surface area (TPSA) is 112 Å². The van der Waals surface area contributed by atoms with Gasteiger partial charge in [-0.15, -0.1) is 11.3 Å². The first kappa shape index (κ1) is 19.2. The van der Waals surface area contributed by atoms with Crippen LogP contribution in [0, 0.1) is 5.92 Å². The Morgan fingerprint density at radius 1 is 1.19 bits per heavy atom. The number of carbonyl (C=O) groups excluding carboxylic acids is 3. The van der Waals surface area contributed by atoms with Crippen LogP contribution < -0.4 is 5.73 Å². The number of nitrogens with two attached hydrogens (primary N) is 1. The van der Waals surface area contributed by atoms with Gasteiger partial charge in [0.2, 0.25) is 5.91 Å². The summed E-state index contributed by atoms with van der Waals surface area (Å²) in [7, 11) is 0. The molecule has 2 aromatic rings. The number of hydrogen-bond donors (Lipinski definition) is 1. The first-order valence-electron chi connectivity index (χ1n) is 8.68. The van der Waals surface area contributed by atoms with E-state index in [1.807, 2.05) is 24.3 Å². The number of likely N-dealkylation sites (tertiary alicyclic amines) is 1. The lowest BCUT2D eigenvalue weighted by Gasteiger charge is -2.30. The molecule has 1 fully saturated rings. The predicted octanol–water partition coefficient (Wildman–Crippen LogP) is 1.08. The zero-order valence-electron chi connectivity index (χ0n) is 14.8. The first-order valence-corrected chi connectivity index (χ1v) is 9.49. The normalized spacial score (nSPS) is 15.0. The number of aromatic nitrogens is 1. The van der Waals surface area contributed by atoms with Gasteiger partial charge in [0, 0.05) is 19.0 Å². The summed E-state index contributed by atoms with van der Waals surface area (Å²) in [6.07, 6.45) is 1.08. The molecule has 1 aromatic carbocycles. The van der Waals surface area contributed by atoms with Crippen LogP contribution in [0.5, 0.6) is 0 Å². The summed E-state index contributed by atoms with van der Waals surface area (Å²) >= 11 is 1.51. The number of ether oxygens (including phenoxy) is 2. The van der Waals surface area contributed by atoms with Crippen LogP contribution in [-0.2, 0) is 30.5 Å². The Labute approximate surface area is 160 Å². The van der Waals surface area contributed by atoms with Crippen LogP contribution >= 0.6 is 11.3 Å². The van der Waals surface area contributed by atoms with Crippen molar-refractivity contribution in [3.05, 3.63) is 29.3 Å². The Bertz CT molecular complexity index is 796. The van der Waals surface area contributed by atoms with Gasteiger partial charge in [-0.2, -0.15) is 0 Å². The number of nitrogens with zero attached hydrogens (tertiary/aromatic N) is 2. The summed E-state index contributed by atoms with van der Waals surface area (Å²) in [6, 6.07) is 7.75. The standard InChI is InChI=1S/C18H21N3O5S/c19-18(24)12-5-7-21(8-6-12)16(22)10-26-17(23)11-25-9-15-20-13-3-1-2-4-14(13)27-15/h1-4,12H,5-11H2,(H2,19,24). The molecule has 1 saturated heterocycles. The van der Waals surface area contributed by atoms with Crippen molar-refractivity contribution in [3.8, 4) is 0 Å². The number of primary amides is 1. The van der Waals surface area contributed by atoms with E-state index in [4.69, 9.17) is 15.2 Å². The average Bonchev–Trinajstić information content (AvgIpc) is 3.09. The van der Waals surface area contributed by atoms with Crippen LogP contribution in [-0.4, -0.2) is 54.0 Å². The molecule has 0 radical (unpaired) electrons. The summed E-state index contributed by atoms with van der Waals surface area (Å²) in [4.78, 5) is 40.9. The molecule has 0 aliphatic carbocycles. The maximum absolute atomic E-state index is 12.1. The summed E-state index contributed by atoms with van der Waals surface area (Å²) in [6.45, 7) is 0.525. The van der Waals surface area contributed by atoms with Gasteiger partial charge in [0.05, 0.1) is 16.8 Å². The molecule has 2 amide bonds. The fourth-order valence-electron chi connectivity index (χ4n) is 2.89. The van der Waals surface area contributed by atoms with Gasteiger partial charge in [-0.1, -0.05) is 12.1 Å². The molecular weight excluding hydrogens is 370 g/mol. The minimum atomic E-state index is -0.600. The molecule has 3 rings (SSSR count). The van der Waals surface area contributed by atoms with Gasteiger partial charge in [-0.3, -0.25) is 9.59 Å². The lowest BCUT2D eigenvalue weighted by molar-refractivity contribution is -0.156. The Morgan fingerprint density at radius 2 is 1.93 bits per heavy atom. The maximum atomic E-state index is 12.1. The number of piperidine rings is 1. The molecule has 0 saturated carbocycles. The number of carbonyl (C=O) groups is 3. The van der Waals surface area contributed by atoms with Gasteiger partial charge < -0.3 is 20.1 Å². The fraction of sp³-hybridized carbons (Fsp3) is 0.444. The number of thiazole rings is 1. The Balaban J connectivity index is 1.34. The van der Waals surface area contributed by atoms with E-state index in [2.05, 4.69) is 4.98 Å². The molecule has 1 aliphatic rings. The van der Waals surface area contributed by atoms with Gasteiger partial charge >= 0.3 is 5.97 Å². The summed E-state index contributed by atoms with van der Waals surface area (Å²) < 4.78 is 11.4. The molecule has 1 aromatic heterocycles. The second kappa shape index (κ2) is 8.92. The molecule has 144 valence electrons. The van der Waals surface area contributed by atoms with Crippen molar-refractivity contribution >= 4 is 39.3 Å². The van der Waals surface area contributed by atoms with Gasteiger partial charge in [-0.05, 0) is 25.0 Å². The second-order valence-electron chi connectivity index (χ2n) is 6.29. The molecule has 27 heavy (non-hydrogen) atoms. The third-order valence-corrected chi connectivity index (χ3v) is 5.40. The highest BCUT2D eigenvalue weighted by atomic mass is 32.1. The quantitative estimate of drug-likeness (QED) is 0.707. The Hall–Kier alpha value is -2.52. The van der Waals surface area contributed by atoms with E-state index in [1.165, 1.54) is 11.3 Å². The van der Waals surface area contributed by atoms with E-state index in [9.17, 15) is 14.4 Å². The summed E-state index contributed by atoms with van der Waals surface area (Å²) in [5.41, 5.74) is 6.17. The molecule has 0 unspecified atom stereocenters. The second-order valence-corrected chi connectivity index (χ2v) is 7.40. The van der Waals surface area contributed by atoms with Gasteiger partial charge in [0.1, 0.15) is 11.6 Å². The Kier molecular flexibility index (Phi) is 6.36. The molecule has 2 N–H and O–H groups in total. The summed E-state index contributed by atoms with van der Waals surface area (Å²) in [5, 5.41) is 0.775. The van der Waals surface area contributed by atoms with E-state index in [0.717, 1.165) is 15.2 Å². The number of esters is 1. The zero-order chi connectivity index (χ0) is 19.2.